The topological polar surface area (TPSA) is 72.6 Å². The van der Waals surface area contributed by atoms with Crippen molar-refractivity contribution in [2.24, 2.45) is 5.14 Å². The molecule has 0 radical (unpaired) electrons. The maximum Gasteiger partial charge on any atom is 0.238 e. The Balaban J connectivity index is 2.77. The molecule has 0 bridgehead atoms. The Labute approximate surface area is 106 Å². The van der Waals surface area contributed by atoms with Crippen molar-refractivity contribution >= 4 is 21.6 Å². The maximum atomic E-state index is 11.1. The molecule has 1 aromatic rings. The van der Waals surface area contributed by atoms with E-state index in [1.54, 1.807) is 0 Å². The summed E-state index contributed by atoms with van der Waals surface area (Å²) in [7, 11) is 0.127. The zero-order chi connectivity index (χ0) is 13.1. The van der Waals surface area contributed by atoms with Gasteiger partial charge in [0.2, 0.25) is 10.0 Å². The number of ether oxygens (including phenoxy) is 1. The molecular weight excluding hydrogens is 264 g/mol. The van der Waals surface area contributed by atoms with Crippen LogP contribution in [0.3, 0.4) is 0 Å². The van der Waals surface area contributed by atoms with Crippen molar-refractivity contribution in [1.29, 1.82) is 0 Å². The number of hydrogen-bond donors (Lipinski definition) is 1. The summed E-state index contributed by atoms with van der Waals surface area (Å²) in [5.41, 5.74) is 0. The van der Waals surface area contributed by atoms with Crippen molar-refractivity contribution < 1.29 is 13.2 Å². The van der Waals surface area contributed by atoms with Crippen molar-refractivity contribution in [2.75, 3.05) is 27.2 Å². The average molecular weight is 279 g/mol. The van der Waals surface area contributed by atoms with Crippen molar-refractivity contribution in [3.8, 4) is 5.75 Å². The molecule has 0 aliphatic rings. The van der Waals surface area contributed by atoms with E-state index in [0.29, 0.717) is 12.4 Å². The largest absolute Gasteiger partial charge is 0.491 e. The van der Waals surface area contributed by atoms with E-state index in [9.17, 15) is 8.42 Å². The quantitative estimate of drug-likeness (QED) is 0.870. The van der Waals surface area contributed by atoms with E-state index >= 15 is 0 Å². The first kappa shape index (κ1) is 14.2. The molecule has 1 aromatic carbocycles. The Bertz CT molecular complexity index is 488. The Hall–Kier alpha value is -0.820. The van der Waals surface area contributed by atoms with Crippen molar-refractivity contribution in [2.45, 2.75) is 4.90 Å². The summed E-state index contributed by atoms with van der Waals surface area (Å²) in [4.78, 5) is 1.94. The van der Waals surface area contributed by atoms with Gasteiger partial charge in [-0.3, -0.25) is 0 Å². The van der Waals surface area contributed by atoms with Crippen molar-refractivity contribution in [1.82, 2.24) is 4.90 Å². The SMILES string of the molecule is CN(C)CCOc1ccc(S(N)(=O)=O)cc1Cl. The van der Waals surface area contributed by atoms with Gasteiger partial charge in [0.05, 0.1) is 9.92 Å². The lowest BCUT2D eigenvalue weighted by Crippen LogP contribution is -2.19. The van der Waals surface area contributed by atoms with E-state index in [1.807, 2.05) is 19.0 Å². The fourth-order valence-corrected chi connectivity index (χ4v) is 1.95. The Morgan fingerprint density at radius 3 is 2.53 bits per heavy atom. The smallest absolute Gasteiger partial charge is 0.238 e. The van der Waals surface area contributed by atoms with Gasteiger partial charge in [0.15, 0.2) is 0 Å². The predicted octanol–water partition coefficient (Wildman–Crippen LogP) is 0.928. The van der Waals surface area contributed by atoms with Gasteiger partial charge in [-0.15, -0.1) is 0 Å². The van der Waals surface area contributed by atoms with E-state index in [2.05, 4.69) is 0 Å². The van der Waals surface area contributed by atoms with Gasteiger partial charge in [-0.2, -0.15) is 0 Å². The third-order valence-electron chi connectivity index (χ3n) is 2.03. The molecule has 0 aliphatic carbocycles. The van der Waals surface area contributed by atoms with Crippen LogP contribution in [0.5, 0.6) is 5.75 Å². The van der Waals surface area contributed by atoms with E-state index in [0.717, 1.165) is 6.54 Å². The van der Waals surface area contributed by atoms with Gasteiger partial charge in [-0.25, -0.2) is 13.6 Å². The fourth-order valence-electron chi connectivity index (χ4n) is 1.11. The monoisotopic (exact) mass is 278 g/mol. The van der Waals surface area contributed by atoms with Gasteiger partial charge >= 0.3 is 0 Å². The normalized spacial score (nSPS) is 11.8. The molecule has 1 rings (SSSR count). The molecule has 0 saturated heterocycles. The van der Waals surface area contributed by atoms with Crippen LogP contribution in [0.15, 0.2) is 23.1 Å². The number of primary sulfonamides is 1. The zero-order valence-corrected chi connectivity index (χ0v) is 11.3. The molecule has 0 heterocycles. The van der Waals surface area contributed by atoms with Crippen LogP contribution in [0.4, 0.5) is 0 Å². The molecule has 0 saturated carbocycles. The Kier molecular flexibility index (Phi) is 4.76. The Morgan fingerprint density at radius 2 is 2.06 bits per heavy atom. The highest BCUT2D eigenvalue weighted by molar-refractivity contribution is 7.89. The number of rotatable bonds is 5. The lowest BCUT2D eigenvalue weighted by atomic mass is 10.3. The molecule has 0 aromatic heterocycles. The van der Waals surface area contributed by atoms with Crippen molar-refractivity contribution in [3.63, 3.8) is 0 Å². The van der Waals surface area contributed by atoms with Gasteiger partial charge < -0.3 is 9.64 Å². The molecule has 2 N–H and O–H groups in total. The van der Waals surface area contributed by atoms with E-state index in [1.165, 1.54) is 18.2 Å². The summed E-state index contributed by atoms with van der Waals surface area (Å²) in [6.07, 6.45) is 0. The molecule has 0 spiro atoms. The van der Waals surface area contributed by atoms with Crippen LogP contribution in [0, 0.1) is 0 Å². The first-order valence-electron chi connectivity index (χ1n) is 4.90. The molecule has 0 amide bonds. The third-order valence-corrected chi connectivity index (χ3v) is 3.23. The summed E-state index contributed by atoms with van der Waals surface area (Å²) < 4.78 is 27.5. The standard InChI is InChI=1S/C10H15ClN2O3S/c1-13(2)5-6-16-10-4-3-8(7-9(10)11)17(12,14)15/h3-4,7H,5-6H2,1-2H3,(H2,12,14,15). The number of likely N-dealkylation sites (N-methyl/N-ethyl adjacent to an activating group) is 1. The lowest BCUT2D eigenvalue weighted by molar-refractivity contribution is 0.261. The third kappa shape index (κ3) is 4.51. The van der Waals surface area contributed by atoms with Crippen LogP contribution in [0.2, 0.25) is 5.02 Å². The van der Waals surface area contributed by atoms with Crippen molar-refractivity contribution in [3.05, 3.63) is 23.2 Å². The van der Waals surface area contributed by atoms with E-state index in [-0.39, 0.29) is 9.92 Å². The highest BCUT2D eigenvalue weighted by Crippen LogP contribution is 2.26. The predicted molar refractivity (Wildman–Crippen MR) is 66.9 cm³/mol. The minimum absolute atomic E-state index is 0.0255. The molecule has 17 heavy (non-hydrogen) atoms. The highest BCUT2D eigenvalue weighted by atomic mass is 35.5. The summed E-state index contributed by atoms with van der Waals surface area (Å²) in [6.45, 7) is 1.22. The minimum atomic E-state index is -3.72. The summed E-state index contributed by atoms with van der Waals surface area (Å²) >= 11 is 5.89. The molecule has 0 atom stereocenters. The summed E-state index contributed by atoms with van der Waals surface area (Å²) in [5, 5.41) is 5.21. The van der Waals surface area contributed by atoms with Crippen LogP contribution < -0.4 is 9.88 Å². The number of nitrogens with two attached hydrogens (primary N) is 1. The Morgan fingerprint density at radius 1 is 1.41 bits per heavy atom. The first-order valence-corrected chi connectivity index (χ1v) is 6.83. The minimum Gasteiger partial charge on any atom is -0.491 e. The second-order valence-electron chi connectivity index (χ2n) is 3.79. The van der Waals surface area contributed by atoms with Crippen LogP contribution >= 0.6 is 11.6 Å². The van der Waals surface area contributed by atoms with Crippen LogP contribution in [0.25, 0.3) is 0 Å². The van der Waals surface area contributed by atoms with Gasteiger partial charge in [-0.1, -0.05) is 11.6 Å². The number of nitrogens with zero attached hydrogens (tertiary/aromatic N) is 1. The number of sulfonamides is 1. The first-order chi connectivity index (χ1) is 7.80. The summed E-state index contributed by atoms with van der Waals surface area (Å²) in [6, 6.07) is 4.14. The maximum absolute atomic E-state index is 11.1. The zero-order valence-electron chi connectivity index (χ0n) is 9.68. The number of benzene rings is 1. The lowest BCUT2D eigenvalue weighted by Gasteiger charge is -2.12. The number of hydrogen-bond acceptors (Lipinski definition) is 4. The molecule has 5 nitrogen and oxygen atoms in total. The van der Waals surface area contributed by atoms with E-state index in [4.69, 9.17) is 21.5 Å². The van der Waals surface area contributed by atoms with Crippen LogP contribution in [-0.2, 0) is 10.0 Å². The second kappa shape index (κ2) is 5.68. The van der Waals surface area contributed by atoms with Gasteiger partial charge in [0, 0.05) is 6.54 Å². The highest BCUT2D eigenvalue weighted by Gasteiger charge is 2.11. The second-order valence-corrected chi connectivity index (χ2v) is 5.76. The van der Waals surface area contributed by atoms with E-state index < -0.39 is 10.0 Å². The molecular formula is C10H15ClN2O3S. The van der Waals surface area contributed by atoms with Gasteiger partial charge in [-0.05, 0) is 32.3 Å². The van der Waals surface area contributed by atoms with Gasteiger partial charge in [0.1, 0.15) is 12.4 Å². The average Bonchev–Trinajstić information content (AvgIpc) is 2.18. The number of halogens is 1. The molecule has 0 fully saturated rings. The molecule has 0 aliphatic heterocycles. The van der Waals surface area contributed by atoms with Crippen LogP contribution in [-0.4, -0.2) is 40.6 Å². The van der Waals surface area contributed by atoms with Gasteiger partial charge in [0.25, 0.3) is 0 Å². The molecule has 96 valence electrons. The molecule has 7 heteroatoms. The fraction of sp³-hybridized carbons (Fsp3) is 0.400. The van der Waals surface area contributed by atoms with Crippen LogP contribution in [0.1, 0.15) is 0 Å². The molecule has 0 unspecified atom stereocenters. The summed E-state index contributed by atoms with van der Waals surface area (Å²) in [5.74, 6) is 0.445.